The van der Waals surface area contributed by atoms with E-state index in [0.717, 1.165) is 5.56 Å². The third kappa shape index (κ3) is 7.85. The summed E-state index contributed by atoms with van der Waals surface area (Å²) in [4.78, 5) is 4.75. The summed E-state index contributed by atoms with van der Waals surface area (Å²) < 4.78 is 24.6. The predicted molar refractivity (Wildman–Crippen MR) is 123 cm³/mol. The van der Waals surface area contributed by atoms with Crippen molar-refractivity contribution in [1.82, 2.24) is 10.6 Å². The lowest BCUT2D eigenvalue weighted by molar-refractivity contribution is 0.594. The Morgan fingerprint density at radius 1 is 1.07 bits per heavy atom. The average molecular weight is 542 g/mol. The molecular formula is C18H22Cl2IN3O2S. The molecule has 5 nitrogen and oxygen atoms in total. The number of nitrogens with zero attached hydrogens (tertiary/aromatic N) is 1. The zero-order valence-electron chi connectivity index (χ0n) is 14.8. The number of benzene rings is 2. The first-order chi connectivity index (χ1) is 12.4. The van der Waals surface area contributed by atoms with Crippen LogP contribution in [0.4, 0.5) is 0 Å². The molecule has 0 spiro atoms. The van der Waals surface area contributed by atoms with Gasteiger partial charge in [-0.05, 0) is 36.8 Å². The van der Waals surface area contributed by atoms with Crippen molar-refractivity contribution < 1.29 is 8.42 Å². The largest absolute Gasteiger partial charge is 0.357 e. The van der Waals surface area contributed by atoms with Crippen LogP contribution in [0, 0.1) is 0 Å². The van der Waals surface area contributed by atoms with Gasteiger partial charge in [0.05, 0.1) is 17.2 Å². The summed E-state index contributed by atoms with van der Waals surface area (Å²) >= 11 is 12.0. The van der Waals surface area contributed by atoms with E-state index >= 15 is 0 Å². The summed E-state index contributed by atoms with van der Waals surface area (Å²) in [7, 11) is -3.33. The molecule has 0 unspecified atom stereocenters. The van der Waals surface area contributed by atoms with Gasteiger partial charge in [0.15, 0.2) is 15.8 Å². The fraction of sp³-hybridized carbons (Fsp3) is 0.278. The summed E-state index contributed by atoms with van der Waals surface area (Å²) in [6, 6.07) is 13.6. The van der Waals surface area contributed by atoms with Gasteiger partial charge in [-0.25, -0.2) is 13.4 Å². The van der Waals surface area contributed by atoms with Crippen molar-refractivity contribution in [2.75, 3.05) is 18.8 Å². The van der Waals surface area contributed by atoms with E-state index in [4.69, 9.17) is 23.2 Å². The lowest BCUT2D eigenvalue weighted by Gasteiger charge is -2.12. The SMILES string of the molecule is CCNC(=NCc1ccc(Cl)cc1Cl)NCCS(=O)(=O)c1ccccc1.I. The van der Waals surface area contributed by atoms with Crippen molar-refractivity contribution in [3.63, 3.8) is 0 Å². The maximum atomic E-state index is 12.3. The van der Waals surface area contributed by atoms with Crippen molar-refractivity contribution in [3.05, 3.63) is 64.1 Å². The molecule has 0 aliphatic rings. The number of rotatable bonds is 7. The third-order valence-electron chi connectivity index (χ3n) is 3.53. The minimum Gasteiger partial charge on any atom is -0.357 e. The molecule has 2 aromatic carbocycles. The molecule has 0 aliphatic heterocycles. The predicted octanol–water partition coefficient (Wildman–Crippen LogP) is 4.14. The quantitative estimate of drug-likeness (QED) is 0.314. The van der Waals surface area contributed by atoms with E-state index in [1.54, 1.807) is 42.5 Å². The van der Waals surface area contributed by atoms with Crippen LogP contribution in [0.5, 0.6) is 0 Å². The average Bonchev–Trinajstić information content (AvgIpc) is 2.61. The molecule has 0 atom stereocenters. The molecule has 9 heteroatoms. The van der Waals surface area contributed by atoms with Crippen molar-refractivity contribution in [1.29, 1.82) is 0 Å². The standard InChI is InChI=1S/C18H21Cl2N3O2S.HI/c1-2-21-18(23-13-14-8-9-15(19)12-17(14)20)22-10-11-26(24,25)16-6-4-3-5-7-16;/h3-9,12H,2,10-11,13H2,1H3,(H2,21,22,23);1H. The molecule has 0 aromatic heterocycles. The smallest absolute Gasteiger partial charge is 0.191 e. The van der Waals surface area contributed by atoms with E-state index in [0.29, 0.717) is 34.0 Å². The number of halogens is 3. The van der Waals surface area contributed by atoms with Crippen LogP contribution in [0.15, 0.2) is 58.4 Å². The fourth-order valence-electron chi connectivity index (χ4n) is 2.21. The number of guanidine groups is 1. The monoisotopic (exact) mass is 541 g/mol. The topological polar surface area (TPSA) is 70.6 Å². The Morgan fingerprint density at radius 3 is 2.41 bits per heavy atom. The molecule has 2 N–H and O–H groups in total. The molecule has 0 fully saturated rings. The van der Waals surface area contributed by atoms with E-state index in [2.05, 4.69) is 15.6 Å². The van der Waals surface area contributed by atoms with Crippen LogP contribution in [0.1, 0.15) is 12.5 Å². The Bertz CT molecular complexity index is 862. The maximum absolute atomic E-state index is 12.3. The molecule has 0 saturated carbocycles. The highest BCUT2D eigenvalue weighted by atomic mass is 127. The number of aliphatic imine (C=N–C) groups is 1. The molecule has 27 heavy (non-hydrogen) atoms. The molecule has 148 valence electrons. The normalized spacial score (nSPS) is 11.6. The molecule has 0 aliphatic carbocycles. The molecule has 0 amide bonds. The van der Waals surface area contributed by atoms with Gasteiger partial charge in [-0.2, -0.15) is 0 Å². The van der Waals surface area contributed by atoms with Crippen molar-refractivity contribution in [3.8, 4) is 0 Å². The van der Waals surface area contributed by atoms with Crippen LogP contribution in [-0.2, 0) is 16.4 Å². The van der Waals surface area contributed by atoms with Gasteiger partial charge >= 0.3 is 0 Å². The first-order valence-corrected chi connectivity index (χ1v) is 10.6. The molecule has 0 radical (unpaired) electrons. The Labute approximate surface area is 187 Å². The van der Waals surface area contributed by atoms with Gasteiger partial charge < -0.3 is 10.6 Å². The van der Waals surface area contributed by atoms with E-state index in [1.165, 1.54) is 0 Å². The zero-order valence-corrected chi connectivity index (χ0v) is 19.4. The highest BCUT2D eigenvalue weighted by Gasteiger charge is 2.13. The van der Waals surface area contributed by atoms with Gasteiger partial charge in [-0.1, -0.05) is 47.5 Å². The van der Waals surface area contributed by atoms with Gasteiger partial charge in [-0.3, -0.25) is 0 Å². The Balaban J connectivity index is 0.00000364. The minimum atomic E-state index is -3.33. The summed E-state index contributed by atoms with van der Waals surface area (Å²) in [5, 5.41) is 7.24. The van der Waals surface area contributed by atoms with Gasteiger partial charge in [0.1, 0.15) is 0 Å². The Hall–Kier alpha value is -1.03. The third-order valence-corrected chi connectivity index (χ3v) is 5.85. The van der Waals surface area contributed by atoms with Crippen LogP contribution < -0.4 is 10.6 Å². The highest BCUT2D eigenvalue weighted by Crippen LogP contribution is 2.21. The molecule has 0 saturated heterocycles. The zero-order chi connectivity index (χ0) is 19.0. The first kappa shape index (κ1) is 24.0. The van der Waals surface area contributed by atoms with Crippen LogP contribution in [0.3, 0.4) is 0 Å². The van der Waals surface area contributed by atoms with Crippen LogP contribution in [0.2, 0.25) is 10.0 Å². The van der Waals surface area contributed by atoms with Crippen LogP contribution >= 0.6 is 47.2 Å². The van der Waals surface area contributed by atoms with Crippen molar-refractivity contribution in [2.45, 2.75) is 18.4 Å². The summed E-state index contributed by atoms with van der Waals surface area (Å²) in [6.45, 7) is 3.20. The van der Waals surface area contributed by atoms with Gasteiger partial charge in [0.25, 0.3) is 0 Å². The van der Waals surface area contributed by atoms with Gasteiger partial charge in [0, 0.05) is 23.1 Å². The maximum Gasteiger partial charge on any atom is 0.191 e. The molecule has 2 aromatic rings. The highest BCUT2D eigenvalue weighted by molar-refractivity contribution is 14.0. The fourth-order valence-corrected chi connectivity index (χ4v) is 3.85. The van der Waals surface area contributed by atoms with E-state index in [-0.39, 0.29) is 36.3 Å². The second-order valence-electron chi connectivity index (χ2n) is 5.49. The van der Waals surface area contributed by atoms with Crippen LogP contribution in [-0.4, -0.2) is 33.2 Å². The number of nitrogens with one attached hydrogen (secondary N) is 2. The van der Waals surface area contributed by atoms with Crippen molar-refractivity contribution in [2.24, 2.45) is 4.99 Å². The molecule has 2 rings (SSSR count). The summed E-state index contributed by atoms with van der Waals surface area (Å²) in [5.41, 5.74) is 0.838. The summed E-state index contributed by atoms with van der Waals surface area (Å²) in [5.74, 6) is 0.505. The lowest BCUT2D eigenvalue weighted by Crippen LogP contribution is -2.39. The van der Waals surface area contributed by atoms with Gasteiger partial charge in [0.2, 0.25) is 0 Å². The van der Waals surface area contributed by atoms with Crippen LogP contribution in [0.25, 0.3) is 0 Å². The van der Waals surface area contributed by atoms with Crippen molar-refractivity contribution >= 4 is 63.0 Å². The lowest BCUT2D eigenvalue weighted by atomic mass is 10.2. The Kier molecular flexibility index (Phi) is 10.4. The Morgan fingerprint density at radius 2 is 1.78 bits per heavy atom. The molecular weight excluding hydrogens is 520 g/mol. The van der Waals surface area contributed by atoms with E-state index in [1.807, 2.05) is 13.0 Å². The second kappa shape index (κ2) is 11.7. The van der Waals surface area contributed by atoms with E-state index in [9.17, 15) is 8.42 Å². The minimum absolute atomic E-state index is 0. The number of hydrogen-bond donors (Lipinski definition) is 2. The second-order valence-corrected chi connectivity index (χ2v) is 8.44. The van der Waals surface area contributed by atoms with E-state index < -0.39 is 9.84 Å². The number of hydrogen-bond acceptors (Lipinski definition) is 3. The molecule has 0 heterocycles. The number of sulfone groups is 1. The van der Waals surface area contributed by atoms with Gasteiger partial charge in [-0.15, -0.1) is 24.0 Å². The summed E-state index contributed by atoms with van der Waals surface area (Å²) in [6.07, 6.45) is 0. The molecule has 0 bridgehead atoms. The first-order valence-electron chi connectivity index (χ1n) is 8.16.